The van der Waals surface area contributed by atoms with E-state index in [-0.39, 0.29) is 5.41 Å². The maximum absolute atomic E-state index is 5.95. The Bertz CT molecular complexity index is 369. The molecule has 0 aliphatic heterocycles. The van der Waals surface area contributed by atoms with Gasteiger partial charge in [-0.2, -0.15) is 0 Å². The highest BCUT2D eigenvalue weighted by Crippen LogP contribution is 2.63. The van der Waals surface area contributed by atoms with E-state index in [1.54, 1.807) is 7.11 Å². The monoisotopic (exact) mass is 219 g/mol. The summed E-state index contributed by atoms with van der Waals surface area (Å²) in [5, 5.41) is 0. The number of ether oxygens (including phenoxy) is 1. The lowest BCUT2D eigenvalue weighted by Crippen LogP contribution is -2.25. The molecule has 0 radical (unpaired) electrons. The second-order valence-corrected chi connectivity index (χ2v) is 5.48. The standard InChI is InChI=1S/C14H21NO/c1-13(2)9-14(13,10-15)12-6-4-11(5-7-12)8-16-3/h4-7H,8-10,15H2,1-3H3. The Balaban J connectivity index is 2.22. The van der Waals surface area contributed by atoms with Crippen LogP contribution in [0.15, 0.2) is 24.3 Å². The van der Waals surface area contributed by atoms with Crippen LogP contribution in [0, 0.1) is 5.41 Å². The van der Waals surface area contributed by atoms with Gasteiger partial charge in [0.2, 0.25) is 0 Å². The molecule has 88 valence electrons. The lowest BCUT2D eigenvalue weighted by Gasteiger charge is -2.19. The Morgan fingerprint density at radius 1 is 1.25 bits per heavy atom. The first-order chi connectivity index (χ1) is 7.55. The lowest BCUT2D eigenvalue weighted by atomic mass is 9.87. The van der Waals surface area contributed by atoms with Crippen molar-refractivity contribution in [3.05, 3.63) is 35.4 Å². The quantitative estimate of drug-likeness (QED) is 0.844. The van der Waals surface area contributed by atoms with Crippen molar-refractivity contribution in [3.8, 4) is 0 Å². The SMILES string of the molecule is COCc1ccc(C2(CN)CC2(C)C)cc1. The average Bonchev–Trinajstić information content (AvgIpc) is 2.84. The summed E-state index contributed by atoms with van der Waals surface area (Å²) in [6.45, 7) is 6.01. The molecule has 0 amide bonds. The van der Waals surface area contributed by atoms with Crippen molar-refractivity contribution in [2.24, 2.45) is 11.1 Å². The van der Waals surface area contributed by atoms with E-state index in [1.807, 2.05) is 0 Å². The Morgan fingerprint density at radius 3 is 2.19 bits per heavy atom. The molecule has 1 saturated carbocycles. The zero-order chi connectivity index (χ0) is 11.8. The molecule has 0 aromatic heterocycles. The summed E-state index contributed by atoms with van der Waals surface area (Å²) in [6.07, 6.45) is 1.19. The Kier molecular flexibility index (Phi) is 2.81. The van der Waals surface area contributed by atoms with Gasteiger partial charge in [0, 0.05) is 19.1 Å². The van der Waals surface area contributed by atoms with Gasteiger partial charge in [-0.15, -0.1) is 0 Å². The van der Waals surface area contributed by atoms with Crippen LogP contribution in [-0.2, 0) is 16.8 Å². The fourth-order valence-electron chi connectivity index (χ4n) is 2.76. The molecule has 1 aromatic carbocycles. The highest BCUT2D eigenvalue weighted by Gasteiger charge is 2.60. The first kappa shape index (κ1) is 11.6. The summed E-state index contributed by atoms with van der Waals surface area (Å²) < 4.78 is 5.11. The maximum atomic E-state index is 5.95. The molecule has 1 atom stereocenters. The van der Waals surface area contributed by atoms with E-state index in [2.05, 4.69) is 38.1 Å². The molecule has 1 fully saturated rings. The third-order valence-corrected chi connectivity index (χ3v) is 4.08. The molecule has 1 unspecified atom stereocenters. The molecule has 1 aromatic rings. The number of nitrogens with two attached hydrogens (primary N) is 1. The predicted molar refractivity (Wildman–Crippen MR) is 66.3 cm³/mol. The number of rotatable bonds is 4. The zero-order valence-electron chi connectivity index (χ0n) is 10.4. The van der Waals surface area contributed by atoms with E-state index < -0.39 is 0 Å². The van der Waals surface area contributed by atoms with Crippen LogP contribution in [0.5, 0.6) is 0 Å². The molecule has 2 nitrogen and oxygen atoms in total. The van der Waals surface area contributed by atoms with E-state index in [9.17, 15) is 0 Å². The fraction of sp³-hybridized carbons (Fsp3) is 0.571. The Labute approximate surface area is 97.8 Å². The number of methoxy groups -OCH3 is 1. The molecule has 0 spiro atoms. The van der Waals surface area contributed by atoms with E-state index in [0.29, 0.717) is 12.0 Å². The van der Waals surface area contributed by atoms with Gasteiger partial charge in [0.15, 0.2) is 0 Å². The molecule has 2 heteroatoms. The van der Waals surface area contributed by atoms with Gasteiger partial charge in [0.25, 0.3) is 0 Å². The van der Waals surface area contributed by atoms with Crippen molar-refractivity contribution in [2.45, 2.75) is 32.3 Å². The number of benzene rings is 1. The first-order valence-corrected chi connectivity index (χ1v) is 5.84. The van der Waals surface area contributed by atoms with Crippen molar-refractivity contribution in [1.29, 1.82) is 0 Å². The van der Waals surface area contributed by atoms with Gasteiger partial charge in [-0.3, -0.25) is 0 Å². The molecule has 0 heterocycles. The van der Waals surface area contributed by atoms with Gasteiger partial charge in [0.1, 0.15) is 0 Å². The molecule has 0 saturated heterocycles. The van der Waals surface area contributed by atoms with Crippen molar-refractivity contribution in [2.75, 3.05) is 13.7 Å². The minimum Gasteiger partial charge on any atom is -0.380 e. The highest BCUT2D eigenvalue weighted by atomic mass is 16.5. The van der Waals surface area contributed by atoms with Crippen molar-refractivity contribution < 1.29 is 4.74 Å². The summed E-state index contributed by atoms with van der Waals surface area (Å²) in [4.78, 5) is 0. The van der Waals surface area contributed by atoms with Crippen LogP contribution in [-0.4, -0.2) is 13.7 Å². The van der Waals surface area contributed by atoms with Crippen molar-refractivity contribution in [3.63, 3.8) is 0 Å². The number of hydrogen-bond donors (Lipinski definition) is 1. The minimum absolute atomic E-state index is 0.207. The molecule has 2 rings (SSSR count). The van der Waals surface area contributed by atoms with Crippen LogP contribution in [0.2, 0.25) is 0 Å². The van der Waals surface area contributed by atoms with Gasteiger partial charge < -0.3 is 10.5 Å². The molecule has 1 aliphatic carbocycles. The fourth-order valence-corrected chi connectivity index (χ4v) is 2.76. The minimum atomic E-state index is 0.207. The summed E-state index contributed by atoms with van der Waals surface area (Å²) in [7, 11) is 1.72. The van der Waals surface area contributed by atoms with Crippen LogP contribution >= 0.6 is 0 Å². The molecule has 2 N–H and O–H groups in total. The van der Waals surface area contributed by atoms with Crippen molar-refractivity contribution in [1.82, 2.24) is 0 Å². The van der Waals surface area contributed by atoms with Crippen molar-refractivity contribution >= 4 is 0 Å². The summed E-state index contributed by atoms with van der Waals surface area (Å²) in [5.74, 6) is 0. The zero-order valence-corrected chi connectivity index (χ0v) is 10.4. The normalized spacial score (nSPS) is 26.8. The topological polar surface area (TPSA) is 35.2 Å². The largest absolute Gasteiger partial charge is 0.380 e. The predicted octanol–water partition coefficient (Wildman–Crippen LogP) is 2.46. The molecule has 0 bridgehead atoms. The Hall–Kier alpha value is -0.860. The molecule has 16 heavy (non-hydrogen) atoms. The first-order valence-electron chi connectivity index (χ1n) is 5.84. The van der Waals surface area contributed by atoms with E-state index in [0.717, 1.165) is 6.54 Å². The third kappa shape index (κ3) is 1.66. The number of hydrogen-bond acceptors (Lipinski definition) is 2. The van der Waals surface area contributed by atoms with Gasteiger partial charge in [-0.25, -0.2) is 0 Å². The Morgan fingerprint density at radius 2 is 1.81 bits per heavy atom. The second kappa shape index (κ2) is 3.86. The summed E-state index contributed by atoms with van der Waals surface area (Å²) in [5.41, 5.74) is 9.10. The van der Waals surface area contributed by atoms with Crippen LogP contribution < -0.4 is 5.73 Å². The molecular formula is C14H21NO. The van der Waals surface area contributed by atoms with Gasteiger partial charge in [-0.1, -0.05) is 38.1 Å². The maximum Gasteiger partial charge on any atom is 0.0713 e. The highest BCUT2D eigenvalue weighted by molar-refractivity contribution is 5.38. The van der Waals surface area contributed by atoms with Gasteiger partial charge >= 0.3 is 0 Å². The van der Waals surface area contributed by atoms with E-state index in [1.165, 1.54) is 17.5 Å². The summed E-state index contributed by atoms with van der Waals surface area (Å²) in [6, 6.07) is 8.70. The van der Waals surface area contributed by atoms with E-state index in [4.69, 9.17) is 10.5 Å². The lowest BCUT2D eigenvalue weighted by molar-refractivity contribution is 0.185. The van der Waals surface area contributed by atoms with Gasteiger partial charge in [0.05, 0.1) is 6.61 Å². The second-order valence-electron chi connectivity index (χ2n) is 5.48. The smallest absolute Gasteiger partial charge is 0.0713 e. The van der Waals surface area contributed by atoms with E-state index >= 15 is 0 Å². The van der Waals surface area contributed by atoms with Crippen LogP contribution in [0.25, 0.3) is 0 Å². The summed E-state index contributed by atoms with van der Waals surface area (Å²) >= 11 is 0. The van der Waals surface area contributed by atoms with Crippen LogP contribution in [0.3, 0.4) is 0 Å². The van der Waals surface area contributed by atoms with Crippen LogP contribution in [0.1, 0.15) is 31.4 Å². The third-order valence-electron chi connectivity index (χ3n) is 4.08. The average molecular weight is 219 g/mol. The van der Waals surface area contributed by atoms with Gasteiger partial charge in [-0.05, 0) is 23.0 Å². The van der Waals surface area contributed by atoms with Crippen LogP contribution in [0.4, 0.5) is 0 Å². The molecule has 1 aliphatic rings. The molecular weight excluding hydrogens is 198 g/mol.